The van der Waals surface area contributed by atoms with E-state index in [-0.39, 0.29) is 21.6 Å². The summed E-state index contributed by atoms with van der Waals surface area (Å²) in [6, 6.07) is 11.0. The molecule has 2 rings (SSSR count). The molecule has 0 fully saturated rings. The summed E-state index contributed by atoms with van der Waals surface area (Å²) in [5.41, 5.74) is 3.11. The molecule has 1 amide bonds. The van der Waals surface area contributed by atoms with Crippen LogP contribution in [0.15, 0.2) is 41.3 Å². The van der Waals surface area contributed by atoms with Crippen LogP contribution in [0.25, 0.3) is 0 Å². The van der Waals surface area contributed by atoms with Crippen molar-refractivity contribution in [1.29, 1.82) is 0 Å². The molecule has 0 spiro atoms. The van der Waals surface area contributed by atoms with E-state index in [1.54, 1.807) is 19.1 Å². The van der Waals surface area contributed by atoms with Gasteiger partial charge in [-0.2, -0.15) is 0 Å². The van der Waals surface area contributed by atoms with Crippen molar-refractivity contribution in [2.24, 2.45) is 0 Å². The number of anilines is 1. The normalized spacial score (nSPS) is 13.4. The molecule has 0 saturated carbocycles. The van der Waals surface area contributed by atoms with Crippen LogP contribution in [0.2, 0.25) is 0 Å². The molecule has 0 aromatic heterocycles. The maximum absolute atomic E-state index is 13.4. The van der Waals surface area contributed by atoms with E-state index >= 15 is 0 Å². The van der Waals surface area contributed by atoms with E-state index in [9.17, 15) is 13.2 Å². The quantitative estimate of drug-likeness (QED) is 0.280. The Morgan fingerprint density at radius 2 is 1.64 bits per heavy atom. The monoisotopic (exact) mass is 535 g/mol. The Bertz CT molecular complexity index is 1170. The number of carbonyl (C=O) groups is 1. The van der Waals surface area contributed by atoms with Crippen LogP contribution in [0.1, 0.15) is 97.3 Å². The fourth-order valence-corrected chi connectivity index (χ4v) is 5.15. The summed E-state index contributed by atoms with van der Waals surface area (Å²) in [5.74, 6) is 0.394. The lowest BCUT2D eigenvalue weighted by Crippen LogP contribution is -2.34. The Kier molecular flexibility index (Phi) is 10.1. The third kappa shape index (κ3) is 7.48. The number of halogens is 1. The Labute approximate surface area is 222 Å². The molecule has 1 unspecified atom stereocenters. The Morgan fingerprint density at radius 3 is 2.19 bits per heavy atom. The minimum atomic E-state index is -3.93. The molecule has 200 valence electrons. The Hall–Kier alpha value is -2.05. The average molecular weight is 536 g/mol. The Balaban J connectivity index is 2.44. The van der Waals surface area contributed by atoms with Gasteiger partial charge in [0.1, 0.15) is 5.75 Å². The first kappa shape index (κ1) is 30.2. The van der Waals surface area contributed by atoms with E-state index in [1.165, 1.54) is 11.6 Å². The molecule has 0 radical (unpaired) electrons. The summed E-state index contributed by atoms with van der Waals surface area (Å²) in [5, 5.41) is 2.84. The molecule has 2 aromatic carbocycles. The second-order valence-corrected chi connectivity index (χ2v) is 13.4. The van der Waals surface area contributed by atoms with Gasteiger partial charge in [0.2, 0.25) is 0 Å². The molecule has 1 atom stereocenters. The molecule has 0 bridgehead atoms. The van der Waals surface area contributed by atoms with Crippen molar-refractivity contribution in [2.75, 3.05) is 5.32 Å². The summed E-state index contributed by atoms with van der Waals surface area (Å²) < 4.78 is 30.3. The second kappa shape index (κ2) is 12.0. The van der Waals surface area contributed by atoms with Gasteiger partial charge in [-0.05, 0) is 72.8 Å². The number of nitrogens with one attached hydrogen (secondary N) is 1. The van der Waals surface area contributed by atoms with Crippen LogP contribution >= 0.6 is 10.7 Å². The summed E-state index contributed by atoms with van der Waals surface area (Å²) in [6.45, 7) is 16.9. The van der Waals surface area contributed by atoms with Crippen molar-refractivity contribution in [3.8, 4) is 5.75 Å². The number of hydrogen-bond donors (Lipinski definition) is 1. The van der Waals surface area contributed by atoms with Gasteiger partial charge >= 0.3 is 0 Å². The van der Waals surface area contributed by atoms with Gasteiger partial charge in [0, 0.05) is 21.9 Å². The second-order valence-electron chi connectivity index (χ2n) is 10.8. The number of rotatable bonds is 12. The zero-order chi connectivity index (χ0) is 27.3. The van der Waals surface area contributed by atoms with E-state index in [4.69, 9.17) is 15.4 Å². The van der Waals surface area contributed by atoms with Gasteiger partial charge in [-0.3, -0.25) is 4.79 Å². The molecule has 0 aliphatic heterocycles. The van der Waals surface area contributed by atoms with Crippen molar-refractivity contribution in [1.82, 2.24) is 0 Å². The highest BCUT2D eigenvalue weighted by molar-refractivity contribution is 8.13. The van der Waals surface area contributed by atoms with E-state index in [0.717, 1.165) is 31.2 Å². The van der Waals surface area contributed by atoms with E-state index in [1.807, 2.05) is 6.07 Å². The minimum absolute atomic E-state index is 0.0193. The first-order valence-corrected chi connectivity index (χ1v) is 15.1. The topological polar surface area (TPSA) is 72.5 Å². The zero-order valence-corrected chi connectivity index (χ0v) is 24.6. The number of unbranched alkanes of at least 4 members (excludes halogenated alkanes) is 1. The first-order valence-electron chi connectivity index (χ1n) is 12.8. The van der Waals surface area contributed by atoms with Gasteiger partial charge in [0.05, 0.1) is 4.90 Å². The standard InChI is InChI=1S/C29H42ClNO4S/c1-9-12-13-25(27(32)31-22-16-14-20(4)26(19-22)36(30,33)34)35-24-17-15-21(28(5,6)10-2)18-23(24)29(7,8)11-3/h14-19,25H,9-13H2,1-8H3,(H,31,32). The van der Waals surface area contributed by atoms with Gasteiger partial charge in [-0.25, -0.2) is 8.42 Å². The highest BCUT2D eigenvalue weighted by Gasteiger charge is 2.29. The maximum atomic E-state index is 13.4. The first-order chi connectivity index (χ1) is 16.7. The van der Waals surface area contributed by atoms with Crippen LogP contribution in [0.3, 0.4) is 0 Å². The molecule has 0 heterocycles. The molecule has 2 aromatic rings. The highest BCUT2D eigenvalue weighted by Crippen LogP contribution is 2.39. The lowest BCUT2D eigenvalue weighted by Gasteiger charge is -2.31. The molecular weight excluding hydrogens is 494 g/mol. The Morgan fingerprint density at radius 1 is 1.00 bits per heavy atom. The molecule has 0 aliphatic rings. The highest BCUT2D eigenvalue weighted by atomic mass is 35.7. The van der Waals surface area contributed by atoms with Crippen LogP contribution < -0.4 is 10.1 Å². The summed E-state index contributed by atoms with van der Waals surface area (Å²) in [6.07, 6.45) is 3.49. The average Bonchev–Trinajstić information content (AvgIpc) is 2.82. The van der Waals surface area contributed by atoms with E-state index in [2.05, 4.69) is 65.9 Å². The van der Waals surface area contributed by atoms with Crippen LogP contribution in [0.5, 0.6) is 5.75 Å². The lowest BCUT2D eigenvalue weighted by molar-refractivity contribution is -0.123. The predicted octanol–water partition coefficient (Wildman–Crippen LogP) is 7.87. The summed E-state index contributed by atoms with van der Waals surface area (Å²) in [4.78, 5) is 13.3. The van der Waals surface area contributed by atoms with Crippen LogP contribution in [-0.2, 0) is 24.7 Å². The van der Waals surface area contributed by atoms with Crippen molar-refractivity contribution in [3.05, 3.63) is 53.1 Å². The van der Waals surface area contributed by atoms with E-state index < -0.39 is 15.2 Å². The minimum Gasteiger partial charge on any atom is -0.480 e. The number of amides is 1. The van der Waals surface area contributed by atoms with Crippen LogP contribution in [0, 0.1) is 6.92 Å². The molecular formula is C29H42ClNO4S. The van der Waals surface area contributed by atoms with Crippen LogP contribution in [-0.4, -0.2) is 20.4 Å². The molecule has 5 nitrogen and oxygen atoms in total. The van der Waals surface area contributed by atoms with Crippen molar-refractivity contribution in [3.63, 3.8) is 0 Å². The molecule has 36 heavy (non-hydrogen) atoms. The van der Waals surface area contributed by atoms with Gasteiger partial charge in [-0.15, -0.1) is 0 Å². The molecule has 0 aliphatic carbocycles. The smallest absolute Gasteiger partial charge is 0.265 e. The number of aryl methyl sites for hydroxylation is 1. The fraction of sp³-hybridized carbons (Fsp3) is 0.552. The lowest BCUT2D eigenvalue weighted by atomic mass is 9.76. The number of ether oxygens (including phenoxy) is 1. The maximum Gasteiger partial charge on any atom is 0.265 e. The third-order valence-corrected chi connectivity index (χ3v) is 8.82. The number of benzene rings is 2. The van der Waals surface area contributed by atoms with Crippen molar-refractivity contribution >= 4 is 31.3 Å². The third-order valence-electron chi connectivity index (χ3n) is 7.36. The predicted molar refractivity (Wildman–Crippen MR) is 150 cm³/mol. The molecule has 0 saturated heterocycles. The summed E-state index contributed by atoms with van der Waals surface area (Å²) >= 11 is 0. The van der Waals surface area contributed by atoms with Gasteiger partial charge < -0.3 is 10.1 Å². The van der Waals surface area contributed by atoms with Gasteiger partial charge in [-0.1, -0.05) is 73.1 Å². The fourth-order valence-electron chi connectivity index (χ4n) is 3.93. The zero-order valence-electron chi connectivity index (χ0n) is 23.0. The summed E-state index contributed by atoms with van der Waals surface area (Å²) in [7, 11) is 1.65. The number of carbonyl (C=O) groups excluding carboxylic acids is 1. The number of hydrogen-bond acceptors (Lipinski definition) is 4. The van der Waals surface area contributed by atoms with Crippen LogP contribution in [0.4, 0.5) is 5.69 Å². The van der Waals surface area contributed by atoms with Crippen molar-refractivity contribution in [2.45, 2.75) is 109 Å². The SMILES string of the molecule is CCCCC(Oc1ccc(C(C)(C)CC)cc1C(C)(C)CC)C(=O)Nc1ccc(C)c(S(=O)(=O)Cl)c1. The largest absolute Gasteiger partial charge is 0.480 e. The molecule has 7 heteroatoms. The van der Waals surface area contributed by atoms with Gasteiger partial charge in [0.15, 0.2) is 6.10 Å². The molecule has 1 N–H and O–H groups in total. The van der Waals surface area contributed by atoms with Gasteiger partial charge in [0.25, 0.3) is 15.0 Å². The van der Waals surface area contributed by atoms with E-state index in [0.29, 0.717) is 23.4 Å². The van der Waals surface area contributed by atoms with Crippen molar-refractivity contribution < 1.29 is 17.9 Å².